The van der Waals surface area contributed by atoms with Crippen LogP contribution < -0.4 is 0 Å². The van der Waals surface area contributed by atoms with E-state index >= 15 is 0 Å². The molecule has 0 radical (unpaired) electrons. The van der Waals surface area contributed by atoms with Crippen LogP contribution in [-0.2, 0) is 0 Å². The van der Waals surface area contributed by atoms with Crippen molar-refractivity contribution in [3.63, 3.8) is 0 Å². The summed E-state index contributed by atoms with van der Waals surface area (Å²) in [6, 6.07) is 46.0. The van der Waals surface area contributed by atoms with E-state index in [2.05, 4.69) is 115 Å². The summed E-state index contributed by atoms with van der Waals surface area (Å²) in [6.07, 6.45) is 1.73. The van der Waals surface area contributed by atoms with E-state index in [9.17, 15) is 0 Å². The van der Waals surface area contributed by atoms with Gasteiger partial charge in [-0.3, -0.25) is 0 Å². The lowest BCUT2D eigenvalue weighted by atomic mass is 9.85. The lowest BCUT2D eigenvalue weighted by Crippen LogP contribution is -1.91. The van der Waals surface area contributed by atoms with Crippen LogP contribution in [0.1, 0.15) is 0 Å². The zero-order valence-electron chi connectivity index (χ0n) is 22.9. The largest absolute Gasteiger partial charge is 0.464 e. The minimum absolute atomic E-state index is 0.837. The standard InChI is InChI=1S/C40H22O2S/c1-3-11-28-26(9-1)37(23-16-17-25-24-8-5-6-15-35(24)43-36(25)22-23)27-10-2-4-12-29(27)38(28)33-14-7-13-30-31-18-19-34-32(20-21-41-34)39(31)42-40(30)33/h1-22H. The van der Waals surface area contributed by atoms with E-state index in [-0.39, 0.29) is 0 Å². The molecule has 7 aromatic carbocycles. The van der Waals surface area contributed by atoms with Crippen LogP contribution in [0.25, 0.3) is 96.9 Å². The van der Waals surface area contributed by atoms with E-state index < -0.39 is 0 Å². The predicted octanol–water partition coefficient (Wildman–Crippen LogP) is 12.3. The Morgan fingerprint density at radius 1 is 0.419 bits per heavy atom. The summed E-state index contributed by atoms with van der Waals surface area (Å²) in [6.45, 7) is 0. The minimum Gasteiger partial charge on any atom is -0.464 e. The molecule has 0 fully saturated rings. The van der Waals surface area contributed by atoms with Gasteiger partial charge in [-0.25, -0.2) is 0 Å². The van der Waals surface area contributed by atoms with Crippen LogP contribution in [-0.4, -0.2) is 0 Å². The zero-order valence-corrected chi connectivity index (χ0v) is 23.7. The van der Waals surface area contributed by atoms with E-state index in [0.29, 0.717) is 0 Å². The van der Waals surface area contributed by atoms with Gasteiger partial charge < -0.3 is 8.83 Å². The highest BCUT2D eigenvalue weighted by Crippen LogP contribution is 2.48. The van der Waals surface area contributed by atoms with Crippen molar-refractivity contribution >= 4 is 86.0 Å². The molecule has 0 aliphatic heterocycles. The molecule has 0 aliphatic carbocycles. The summed E-state index contributed by atoms with van der Waals surface area (Å²) in [5.41, 5.74) is 7.42. The number of fused-ring (bicyclic) bond motifs is 10. The van der Waals surface area contributed by atoms with Crippen molar-refractivity contribution in [3.05, 3.63) is 134 Å². The van der Waals surface area contributed by atoms with E-state index in [1.165, 1.54) is 58.4 Å². The van der Waals surface area contributed by atoms with Crippen molar-refractivity contribution in [2.24, 2.45) is 0 Å². The molecule has 0 saturated heterocycles. The third kappa shape index (κ3) is 3.17. The van der Waals surface area contributed by atoms with Crippen LogP contribution in [0.3, 0.4) is 0 Å². The predicted molar refractivity (Wildman–Crippen MR) is 182 cm³/mol. The summed E-state index contributed by atoms with van der Waals surface area (Å²) >= 11 is 1.87. The third-order valence-electron chi connectivity index (χ3n) is 8.96. The number of rotatable bonds is 2. The van der Waals surface area contributed by atoms with Crippen LogP contribution in [0.15, 0.2) is 142 Å². The molecule has 200 valence electrons. The fourth-order valence-corrected chi connectivity index (χ4v) is 8.25. The number of para-hydroxylation sites is 1. The van der Waals surface area contributed by atoms with Crippen molar-refractivity contribution in [1.29, 1.82) is 0 Å². The average molecular weight is 567 g/mol. The number of furan rings is 2. The topological polar surface area (TPSA) is 26.3 Å². The molecule has 0 unspecified atom stereocenters. The van der Waals surface area contributed by atoms with Crippen molar-refractivity contribution in [2.75, 3.05) is 0 Å². The second-order valence-electron chi connectivity index (χ2n) is 11.2. The van der Waals surface area contributed by atoms with Crippen molar-refractivity contribution in [2.45, 2.75) is 0 Å². The maximum atomic E-state index is 6.74. The van der Waals surface area contributed by atoms with Gasteiger partial charge in [0.05, 0.1) is 11.6 Å². The average Bonchev–Trinajstić information content (AvgIpc) is 3.78. The van der Waals surface area contributed by atoms with E-state index in [1.54, 1.807) is 6.26 Å². The van der Waals surface area contributed by atoms with Crippen LogP contribution in [0.4, 0.5) is 0 Å². The summed E-state index contributed by atoms with van der Waals surface area (Å²) in [7, 11) is 0. The van der Waals surface area contributed by atoms with Gasteiger partial charge in [0.1, 0.15) is 16.7 Å². The molecule has 10 rings (SSSR count). The third-order valence-corrected chi connectivity index (χ3v) is 10.1. The molecule has 0 atom stereocenters. The quantitative estimate of drug-likeness (QED) is 0.195. The Kier molecular flexibility index (Phi) is 4.63. The van der Waals surface area contributed by atoms with E-state index in [0.717, 1.165) is 38.5 Å². The second kappa shape index (κ2) is 8.57. The lowest BCUT2D eigenvalue weighted by molar-refractivity contribution is 0.615. The Hall–Kier alpha value is -5.38. The molecular formula is C40H22O2S. The van der Waals surface area contributed by atoms with Gasteiger partial charge in [0.25, 0.3) is 0 Å². The summed E-state index contributed by atoms with van der Waals surface area (Å²) in [5.74, 6) is 0. The first kappa shape index (κ1) is 23.2. The van der Waals surface area contributed by atoms with Crippen molar-refractivity contribution in [1.82, 2.24) is 0 Å². The molecular weight excluding hydrogens is 545 g/mol. The van der Waals surface area contributed by atoms with Gasteiger partial charge in [0.2, 0.25) is 0 Å². The maximum absolute atomic E-state index is 6.74. The molecule has 2 nitrogen and oxygen atoms in total. The van der Waals surface area contributed by atoms with Gasteiger partial charge in [0, 0.05) is 42.1 Å². The number of benzene rings is 7. The first-order valence-corrected chi connectivity index (χ1v) is 15.3. The van der Waals surface area contributed by atoms with E-state index in [1.807, 2.05) is 23.5 Å². The molecule has 3 heteroatoms. The number of hydrogen-bond acceptors (Lipinski definition) is 3. The first-order chi connectivity index (χ1) is 21.3. The molecule has 3 aromatic heterocycles. The molecule has 0 spiro atoms. The highest BCUT2D eigenvalue weighted by Gasteiger charge is 2.21. The Morgan fingerprint density at radius 3 is 1.84 bits per heavy atom. The highest BCUT2D eigenvalue weighted by molar-refractivity contribution is 7.25. The first-order valence-electron chi connectivity index (χ1n) is 14.5. The van der Waals surface area contributed by atoms with Crippen molar-refractivity contribution in [3.8, 4) is 22.3 Å². The summed E-state index contributed by atoms with van der Waals surface area (Å²) < 4.78 is 15.1. The normalized spacial score (nSPS) is 12.2. The smallest absolute Gasteiger partial charge is 0.146 e. The molecule has 43 heavy (non-hydrogen) atoms. The van der Waals surface area contributed by atoms with Crippen LogP contribution >= 0.6 is 11.3 Å². The van der Waals surface area contributed by atoms with Crippen molar-refractivity contribution < 1.29 is 8.83 Å². The Bertz CT molecular complexity index is 2680. The zero-order chi connectivity index (χ0) is 28.1. The van der Waals surface area contributed by atoms with Gasteiger partial charge in [-0.2, -0.15) is 0 Å². The van der Waals surface area contributed by atoms with Gasteiger partial charge in [-0.05, 0) is 63.0 Å². The monoisotopic (exact) mass is 566 g/mol. The molecule has 0 aliphatic rings. The number of hydrogen-bond donors (Lipinski definition) is 0. The second-order valence-corrected chi connectivity index (χ2v) is 12.3. The number of thiophene rings is 1. The van der Waals surface area contributed by atoms with Crippen LogP contribution in [0.2, 0.25) is 0 Å². The molecule has 3 heterocycles. The fourth-order valence-electron chi connectivity index (χ4n) is 7.11. The molecule has 0 bridgehead atoms. The van der Waals surface area contributed by atoms with Gasteiger partial charge in [0.15, 0.2) is 0 Å². The summed E-state index contributed by atoms with van der Waals surface area (Å²) in [4.78, 5) is 0. The molecule has 0 N–H and O–H groups in total. The molecule has 0 saturated carbocycles. The van der Waals surface area contributed by atoms with E-state index in [4.69, 9.17) is 8.83 Å². The summed E-state index contributed by atoms with van der Waals surface area (Å²) in [5, 5.41) is 10.8. The fraction of sp³-hybridized carbons (Fsp3) is 0. The Labute approximate surface area is 250 Å². The highest BCUT2D eigenvalue weighted by atomic mass is 32.1. The lowest BCUT2D eigenvalue weighted by Gasteiger charge is -2.18. The van der Waals surface area contributed by atoms with Gasteiger partial charge in [-0.15, -0.1) is 11.3 Å². The molecule has 0 amide bonds. The SMILES string of the molecule is c1ccc2c(c1)sc1cc(-c3c4ccccc4c(-c4cccc5c4oc4c6ccoc6ccc54)c4ccccc34)ccc12. The maximum Gasteiger partial charge on any atom is 0.146 e. The van der Waals surface area contributed by atoms with Crippen LogP contribution in [0.5, 0.6) is 0 Å². The Morgan fingerprint density at radius 2 is 1.05 bits per heavy atom. The van der Waals surface area contributed by atoms with Crippen LogP contribution in [0, 0.1) is 0 Å². The molecule has 10 aromatic rings. The Balaban J connectivity index is 1.32. The minimum atomic E-state index is 0.837. The van der Waals surface area contributed by atoms with Gasteiger partial charge in [-0.1, -0.05) is 97.1 Å². The van der Waals surface area contributed by atoms with Gasteiger partial charge >= 0.3 is 0 Å².